The number of benzene rings is 2. The third kappa shape index (κ3) is 4.26. The number of Topliss-reactive ketones (excluding diaryl/α,β-unsaturated/α-hetero) is 1. The maximum Gasteiger partial charge on any atom is 0.387 e. The molecule has 2 aromatic carbocycles. The van der Waals surface area contributed by atoms with E-state index in [0.29, 0.717) is 5.56 Å². The third-order valence-electron chi connectivity index (χ3n) is 2.83. The predicted molar refractivity (Wildman–Crippen MR) is 79.7 cm³/mol. The Bertz CT molecular complexity index is 645. The number of ether oxygens (including phenoxy) is 1. The van der Waals surface area contributed by atoms with Crippen molar-refractivity contribution in [3.63, 3.8) is 0 Å². The van der Waals surface area contributed by atoms with E-state index in [0.717, 1.165) is 10.0 Å². The minimum Gasteiger partial charge on any atom is -0.433 e. The SMILES string of the molecule is Nc1cc(C(=O)Cc2ccc(Br)cc2)ccc1OC(F)F. The molecule has 0 aliphatic rings. The van der Waals surface area contributed by atoms with Crippen molar-refractivity contribution in [1.82, 2.24) is 0 Å². The number of halogens is 3. The first-order valence-corrected chi connectivity index (χ1v) is 6.87. The molecule has 0 aliphatic heterocycles. The molecule has 2 N–H and O–H groups in total. The van der Waals surface area contributed by atoms with Crippen LogP contribution in [0.4, 0.5) is 14.5 Å². The van der Waals surface area contributed by atoms with Gasteiger partial charge in [0.05, 0.1) is 5.69 Å². The molecular weight excluding hydrogens is 344 g/mol. The molecule has 6 heteroatoms. The molecule has 110 valence electrons. The summed E-state index contributed by atoms with van der Waals surface area (Å²) in [6.07, 6.45) is 0.210. The molecule has 0 saturated heterocycles. The number of ketones is 1. The lowest BCUT2D eigenvalue weighted by Crippen LogP contribution is -2.07. The van der Waals surface area contributed by atoms with Crippen molar-refractivity contribution in [1.29, 1.82) is 0 Å². The Morgan fingerprint density at radius 2 is 1.86 bits per heavy atom. The highest BCUT2D eigenvalue weighted by Gasteiger charge is 2.12. The first-order chi connectivity index (χ1) is 9.95. The summed E-state index contributed by atoms with van der Waals surface area (Å²) < 4.78 is 29.4. The molecule has 2 rings (SSSR count). The topological polar surface area (TPSA) is 52.3 Å². The van der Waals surface area contributed by atoms with Gasteiger partial charge in [0.15, 0.2) is 5.78 Å². The van der Waals surface area contributed by atoms with Crippen LogP contribution in [-0.4, -0.2) is 12.4 Å². The second kappa shape index (κ2) is 6.67. The fourth-order valence-corrected chi connectivity index (χ4v) is 2.08. The number of nitrogens with two attached hydrogens (primary N) is 1. The third-order valence-corrected chi connectivity index (χ3v) is 3.35. The normalized spacial score (nSPS) is 10.7. The van der Waals surface area contributed by atoms with Gasteiger partial charge in [-0.25, -0.2) is 0 Å². The standard InChI is InChI=1S/C15H12BrF2NO2/c16-11-4-1-9(2-5-11)7-13(20)10-3-6-14(12(19)8-10)21-15(17)18/h1-6,8,15H,7,19H2. The van der Waals surface area contributed by atoms with Crippen molar-refractivity contribution in [2.75, 3.05) is 5.73 Å². The lowest BCUT2D eigenvalue weighted by molar-refractivity contribution is -0.0493. The van der Waals surface area contributed by atoms with Crippen LogP contribution in [0.5, 0.6) is 5.75 Å². The van der Waals surface area contributed by atoms with Crippen LogP contribution < -0.4 is 10.5 Å². The van der Waals surface area contributed by atoms with Crippen molar-refractivity contribution < 1.29 is 18.3 Å². The molecule has 0 spiro atoms. The number of rotatable bonds is 5. The first-order valence-electron chi connectivity index (χ1n) is 6.07. The zero-order chi connectivity index (χ0) is 15.4. The number of anilines is 1. The summed E-state index contributed by atoms with van der Waals surface area (Å²) in [5.74, 6) is -0.280. The number of carbonyl (C=O) groups is 1. The molecule has 0 amide bonds. The second-order valence-corrected chi connectivity index (χ2v) is 5.27. The van der Waals surface area contributed by atoms with Gasteiger partial charge in [0, 0.05) is 16.5 Å². The van der Waals surface area contributed by atoms with Crippen molar-refractivity contribution in [2.45, 2.75) is 13.0 Å². The van der Waals surface area contributed by atoms with Gasteiger partial charge in [-0.3, -0.25) is 4.79 Å². The molecule has 0 atom stereocenters. The summed E-state index contributed by atoms with van der Waals surface area (Å²) >= 11 is 3.32. The molecule has 21 heavy (non-hydrogen) atoms. The Balaban J connectivity index is 2.12. The zero-order valence-electron chi connectivity index (χ0n) is 10.9. The minimum atomic E-state index is -2.95. The number of carbonyl (C=O) groups excluding carboxylic acids is 1. The van der Waals surface area contributed by atoms with E-state index in [1.165, 1.54) is 18.2 Å². The number of alkyl halides is 2. The Labute approximate surface area is 128 Å². The Hall–Kier alpha value is -1.95. The first kappa shape index (κ1) is 15.4. The van der Waals surface area contributed by atoms with Crippen molar-refractivity contribution >= 4 is 27.4 Å². The quantitative estimate of drug-likeness (QED) is 0.649. The van der Waals surface area contributed by atoms with Crippen LogP contribution in [-0.2, 0) is 6.42 Å². The molecule has 0 bridgehead atoms. The highest BCUT2D eigenvalue weighted by molar-refractivity contribution is 9.10. The van der Waals surface area contributed by atoms with Crippen LogP contribution in [0, 0.1) is 0 Å². The Morgan fingerprint density at radius 3 is 2.43 bits per heavy atom. The van der Waals surface area contributed by atoms with Crippen molar-refractivity contribution in [3.8, 4) is 5.75 Å². The predicted octanol–water partition coefficient (Wildman–Crippen LogP) is 4.06. The van der Waals surface area contributed by atoms with Crippen LogP contribution in [0.25, 0.3) is 0 Å². The summed E-state index contributed by atoms with van der Waals surface area (Å²) in [6, 6.07) is 11.4. The molecular formula is C15H12BrF2NO2. The Kier molecular flexibility index (Phi) is 4.90. The van der Waals surface area contributed by atoms with E-state index in [1.807, 2.05) is 24.3 Å². The van der Waals surface area contributed by atoms with E-state index >= 15 is 0 Å². The summed E-state index contributed by atoms with van der Waals surface area (Å²) in [4.78, 5) is 12.1. The number of hydrogen-bond acceptors (Lipinski definition) is 3. The molecule has 0 saturated carbocycles. The summed E-state index contributed by atoms with van der Waals surface area (Å²) in [7, 11) is 0. The fraction of sp³-hybridized carbons (Fsp3) is 0.133. The number of nitrogen functional groups attached to an aromatic ring is 1. The van der Waals surface area contributed by atoms with Gasteiger partial charge in [-0.2, -0.15) is 8.78 Å². The Morgan fingerprint density at radius 1 is 1.19 bits per heavy atom. The minimum absolute atomic E-state index is 0.0111. The van der Waals surface area contributed by atoms with Crippen LogP contribution in [0.3, 0.4) is 0 Å². The van der Waals surface area contributed by atoms with Gasteiger partial charge in [0.25, 0.3) is 0 Å². The maximum absolute atomic E-state index is 12.1. The van der Waals surface area contributed by atoms with E-state index in [-0.39, 0.29) is 23.6 Å². The maximum atomic E-state index is 12.1. The molecule has 0 unspecified atom stereocenters. The van der Waals surface area contributed by atoms with E-state index in [4.69, 9.17) is 5.73 Å². The molecule has 0 radical (unpaired) electrons. The van der Waals surface area contributed by atoms with Gasteiger partial charge in [0.1, 0.15) is 5.75 Å². The van der Waals surface area contributed by atoms with E-state index < -0.39 is 6.61 Å². The van der Waals surface area contributed by atoms with Crippen LogP contribution in [0.1, 0.15) is 15.9 Å². The average molecular weight is 356 g/mol. The smallest absolute Gasteiger partial charge is 0.387 e. The monoisotopic (exact) mass is 355 g/mol. The molecule has 3 nitrogen and oxygen atoms in total. The lowest BCUT2D eigenvalue weighted by atomic mass is 10.0. The van der Waals surface area contributed by atoms with Crippen LogP contribution in [0.2, 0.25) is 0 Å². The summed E-state index contributed by atoms with van der Waals surface area (Å²) in [5.41, 5.74) is 6.83. The zero-order valence-corrected chi connectivity index (χ0v) is 12.4. The summed E-state index contributed by atoms with van der Waals surface area (Å²) in [5, 5.41) is 0. The average Bonchev–Trinajstić information content (AvgIpc) is 2.43. The second-order valence-electron chi connectivity index (χ2n) is 4.36. The molecule has 2 aromatic rings. The van der Waals surface area contributed by atoms with Crippen molar-refractivity contribution in [2.24, 2.45) is 0 Å². The van der Waals surface area contributed by atoms with Gasteiger partial charge in [-0.1, -0.05) is 28.1 Å². The lowest BCUT2D eigenvalue weighted by Gasteiger charge is -2.09. The molecule has 0 heterocycles. The van der Waals surface area contributed by atoms with E-state index in [1.54, 1.807) is 0 Å². The molecule has 0 fully saturated rings. The van der Waals surface area contributed by atoms with Gasteiger partial charge < -0.3 is 10.5 Å². The summed E-state index contributed by atoms with van der Waals surface area (Å²) in [6.45, 7) is -2.95. The number of hydrogen-bond donors (Lipinski definition) is 1. The largest absolute Gasteiger partial charge is 0.433 e. The van der Waals surface area contributed by atoms with E-state index in [2.05, 4.69) is 20.7 Å². The highest BCUT2D eigenvalue weighted by Crippen LogP contribution is 2.25. The van der Waals surface area contributed by atoms with E-state index in [9.17, 15) is 13.6 Å². The van der Waals surface area contributed by atoms with Gasteiger partial charge >= 0.3 is 6.61 Å². The fourth-order valence-electron chi connectivity index (χ4n) is 1.81. The molecule has 0 aliphatic carbocycles. The van der Waals surface area contributed by atoms with Gasteiger partial charge in [-0.05, 0) is 35.9 Å². The van der Waals surface area contributed by atoms with Gasteiger partial charge in [0.2, 0.25) is 0 Å². The molecule has 0 aromatic heterocycles. The van der Waals surface area contributed by atoms with Gasteiger partial charge in [-0.15, -0.1) is 0 Å². The van der Waals surface area contributed by atoms with Crippen LogP contribution >= 0.6 is 15.9 Å². The highest BCUT2D eigenvalue weighted by atomic mass is 79.9. The van der Waals surface area contributed by atoms with Crippen LogP contribution in [0.15, 0.2) is 46.9 Å². The van der Waals surface area contributed by atoms with Crippen molar-refractivity contribution in [3.05, 3.63) is 58.1 Å².